The largest absolute Gasteiger partial charge is 0.461 e. The molecule has 3 saturated heterocycles. The van der Waals surface area contributed by atoms with Gasteiger partial charge >= 0.3 is 5.97 Å². The summed E-state index contributed by atoms with van der Waals surface area (Å²) in [5.41, 5.74) is 0.936. The van der Waals surface area contributed by atoms with Gasteiger partial charge in [0.25, 0.3) is 0 Å². The number of cyclic esters (lactones) is 1. The van der Waals surface area contributed by atoms with Crippen molar-refractivity contribution in [3.05, 3.63) is 30.1 Å². The first-order valence-electron chi connectivity index (χ1n) is 10.00. The molecule has 0 aromatic carbocycles. The fourth-order valence-electron chi connectivity index (χ4n) is 4.63. The molecule has 0 aliphatic carbocycles. The van der Waals surface area contributed by atoms with Crippen LogP contribution in [0.4, 0.5) is 0 Å². The molecule has 1 spiro atoms. The Balaban J connectivity index is 1.28. The minimum Gasteiger partial charge on any atom is -0.461 e. The second kappa shape index (κ2) is 8.03. The van der Waals surface area contributed by atoms with Crippen molar-refractivity contribution in [2.24, 2.45) is 5.41 Å². The van der Waals surface area contributed by atoms with Crippen molar-refractivity contribution in [2.75, 3.05) is 45.8 Å². The maximum absolute atomic E-state index is 12.4. The lowest BCUT2D eigenvalue weighted by atomic mass is 9.76. The summed E-state index contributed by atoms with van der Waals surface area (Å²) < 4.78 is 5.79. The number of hydrogen-bond acceptors (Lipinski definition) is 6. The Morgan fingerprint density at radius 1 is 1.15 bits per heavy atom. The summed E-state index contributed by atoms with van der Waals surface area (Å²) in [5, 5.41) is 3.36. The van der Waals surface area contributed by atoms with E-state index in [-0.39, 0.29) is 17.5 Å². The van der Waals surface area contributed by atoms with E-state index in [1.165, 1.54) is 0 Å². The Hall–Kier alpha value is -1.50. The zero-order valence-corrected chi connectivity index (χ0v) is 15.5. The lowest BCUT2D eigenvalue weighted by Gasteiger charge is -2.29. The van der Waals surface area contributed by atoms with Gasteiger partial charge in [0, 0.05) is 38.8 Å². The van der Waals surface area contributed by atoms with Gasteiger partial charge in [-0.2, -0.15) is 0 Å². The molecule has 4 rings (SSSR count). The first-order valence-corrected chi connectivity index (χ1v) is 10.00. The van der Waals surface area contributed by atoms with Gasteiger partial charge in [0.1, 0.15) is 6.10 Å². The highest BCUT2D eigenvalue weighted by Crippen LogP contribution is 2.41. The van der Waals surface area contributed by atoms with Crippen LogP contribution in [-0.4, -0.2) is 72.7 Å². The van der Waals surface area contributed by atoms with Crippen molar-refractivity contribution in [2.45, 2.75) is 38.3 Å². The number of hydrogen-bond donors (Lipinski definition) is 1. The van der Waals surface area contributed by atoms with E-state index in [1.807, 2.05) is 12.3 Å². The number of rotatable bonds is 4. The van der Waals surface area contributed by atoms with Gasteiger partial charge in [0.15, 0.2) is 0 Å². The van der Waals surface area contributed by atoms with Gasteiger partial charge in [-0.15, -0.1) is 0 Å². The highest BCUT2D eigenvalue weighted by Gasteiger charge is 2.49. The van der Waals surface area contributed by atoms with E-state index in [2.05, 4.69) is 32.2 Å². The zero-order valence-electron chi connectivity index (χ0n) is 15.5. The smallest absolute Gasteiger partial charge is 0.312 e. The SMILES string of the molecule is O=C1OC(CN2CCCN(Cc3ccccn3)CC2)CC12CCNCC2. The predicted molar refractivity (Wildman–Crippen MR) is 99.6 cm³/mol. The predicted octanol–water partition coefficient (Wildman–Crippen LogP) is 1.27. The molecule has 142 valence electrons. The van der Waals surface area contributed by atoms with Crippen LogP contribution in [0.25, 0.3) is 0 Å². The summed E-state index contributed by atoms with van der Waals surface area (Å²) in [4.78, 5) is 21.9. The average Bonchev–Trinajstić information content (AvgIpc) is 2.82. The lowest BCUT2D eigenvalue weighted by molar-refractivity contribution is -0.150. The number of esters is 1. The summed E-state index contributed by atoms with van der Waals surface area (Å²) in [5.74, 6) is 0.0515. The van der Waals surface area contributed by atoms with Crippen molar-refractivity contribution < 1.29 is 9.53 Å². The lowest BCUT2D eigenvalue weighted by Crippen LogP contribution is -2.40. The Kier molecular flexibility index (Phi) is 5.52. The van der Waals surface area contributed by atoms with E-state index >= 15 is 0 Å². The number of pyridine rings is 1. The zero-order chi connectivity index (χ0) is 17.8. The molecule has 1 N–H and O–H groups in total. The van der Waals surface area contributed by atoms with E-state index in [9.17, 15) is 4.79 Å². The van der Waals surface area contributed by atoms with Crippen molar-refractivity contribution in [1.82, 2.24) is 20.1 Å². The third-order valence-corrected chi connectivity index (χ3v) is 6.14. The first-order chi connectivity index (χ1) is 12.7. The molecule has 1 aromatic heterocycles. The number of carbonyl (C=O) groups is 1. The van der Waals surface area contributed by atoms with Gasteiger partial charge in [-0.3, -0.25) is 19.6 Å². The van der Waals surface area contributed by atoms with E-state index in [0.29, 0.717) is 0 Å². The van der Waals surface area contributed by atoms with Crippen molar-refractivity contribution in [1.29, 1.82) is 0 Å². The third kappa shape index (κ3) is 4.08. The van der Waals surface area contributed by atoms with Crippen LogP contribution in [0.3, 0.4) is 0 Å². The minimum atomic E-state index is -0.202. The van der Waals surface area contributed by atoms with Crippen LogP contribution in [0, 0.1) is 5.41 Å². The molecule has 0 radical (unpaired) electrons. The number of aromatic nitrogens is 1. The minimum absolute atomic E-state index is 0.0515. The standard InChI is InChI=1S/C20H30N4O2/c25-19-20(5-8-21-9-6-20)14-18(26-19)16-24-11-3-10-23(12-13-24)15-17-4-1-2-7-22-17/h1-2,4,7,18,21H,3,5-6,8-16H2. The number of ether oxygens (including phenoxy) is 1. The summed E-state index contributed by atoms with van der Waals surface area (Å²) in [7, 11) is 0. The molecule has 26 heavy (non-hydrogen) atoms. The van der Waals surface area contributed by atoms with Gasteiger partial charge in [-0.25, -0.2) is 0 Å². The van der Waals surface area contributed by atoms with Gasteiger partial charge < -0.3 is 10.1 Å². The molecule has 3 aliphatic rings. The molecular weight excluding hydrogens is 328 g/mol. The molecule has 1 unspecified atom stereocenters. The van der Waals surface area contributed by atoms with Gasteiger partial charge in [-0.05, 0) is 57.6 Å². The molecule has 3 aliphatic heterocycles. The summed E-state index contributed by atoms with van der Waals surface area (Å²) >= 11 is 0. The fraction of sp³-hybridized carbons (Fsp3) is 0.700. The number of piperidine rings is 1. The average molecular weight is 358 g/mol. The number of nitrogens with one attached hydrogen (secondary N) is 1. The molecule has 6 nitrogen and oxygen atoms in total. The monoisotopic (exact) mass is 358 g/mol. The molecule has 4 heterocycles. The highest BCUT2D eigenvalue weighted by atomic mass is 16.6. The summed E-state index contributed by atoms with van der Waals surface area (Å²) in [6.07, 6.45) is 5.86. The molecule has 0 bridgehead atoms. The fourth-order valence-corrected chi connectivity index (χ4v) is 4.63. The topological polar surface area (TPSA) is 57.7 Å². The van der Waals surface area contributed by atoms with Crippen LogP contribution in [0.5, 0.6) is 0 Å². The van der Waals surface area contributed by atoms with Crippen LogP contribution in [0.2, 0.25) is 0 Å². The molecular formula is C20H30N4O2. The van der Waals surface area contributed by atoms with Crippen LogP contribution in [-0.2, 0) is 16.1 Å². The maximum atomic E-state index is 12.4. The number of nitrogens with zero attached hydrogens (tertiary/aromatic N) is 3. The van der Waals surface area contributed by atoms with Crippen molar-refractivity contribution in [3.63, 3.8) is 0 Å². The molecule has 3 fully saturated rings. The Bertz CT molecular complexity index is 603. The number of carbonyl (C=O) groups excluding carboxylic acids is 1. The van der Waals surface area contributed by atoms with E-state index in [1.54, 1.807) is 0 Å². The van der Waals surface area contributed by atoms with Gasteiger partial charge in [0.05, 0.1) is 11.1 Å². The second-order valence-electron chi connectivity index (χ2n) is 8.01. The third-order valence-electron chi connectivity index (χ3n) is 6.14. The summed E-state index contributed by atoms with van der Waals surface area (Å²) in [6.45, 7) is 7.96. The normalized spacial score (nSPS) is 27.4. The van der Waals surface area contributed by atoms with Crippen LogP contribution >= 0.6 is 0 Å². The van der Waals surface area contributed by atoms with E-state index in [0.717, 1.165) is 83.7 Å². The quantitative estimate of drug-likeness (QED) is 0.818. The van der Waals surface area contributed by atoms with Crippen molar-refractivity contribution in [3.8, 4) is 0 Å². The molecule has 0 amide bonds. The summed E-state index contributed by atoms with van der Waals surface area (Å²) in [6, 6.07) is 6.11. The molecule has 6 heteroatoms. The maximum Gasteiger partial charge on any atom is 0.312 e. The Morgan fingerprint density at radius 3 is 2.77 bits per heavy atom. The van der Waals surface area contributed by atoms with Crippen LogP contribution in [0.1, 0.15) is 31.4 Å². The van der Waals surface area contributed by atoms with E-state index < -0.39 is 0 Å². The van der Waals surface area contributed by atoms with Gasteiger partial charge in [0.2, 0.25) is 0 Å². The Morgan fingerprint density at radius 2 is 1.96 bits per heavy atom. The Labute approximate surface area is 155 Å². The highest BCUT2D eigenvalue weighted by molar-refractivity contribution is 5.79. The van der Waals surface area contributed by atoms with Crippen LogP contribution < -0.4 is 5.32 Å². The molecule has 1 aromatic rings. The molecule has 1 atom stereocenters. The first kappa shape index (κ1) is 17.9. The molecule has 0 saturated carbocycles. The van der Waals surface area contributed by atoms with E-state index in [4.69, 9.17) is 4.74 Å². The van der Waals surface area contributed by atoms with Gasteiger partial charge in [-0.1, -0.05) is 6.07 Å². The van der Waals surface area contributed by atoms with Crippen molar-refractivity contribution >= 4 is 5.97 Å². The van der Waals surface area contributed by atoms with Crippen LogP contribution in [0.15, 0.2) is 24.4 Å². The second-order valence-corrected chi connectivity index (χ2v) is 8.01.